The van der Waals surface area contributed by atoms with Crippen molar-refractivity contribution in [3.8, 4) is 0 Å². The second-order valence-electron chi connectivity index (χ2n) is 5.63. The van der Waals surface area contributed by atoms with Crippen molar-refractivity contribution in [3.05, 3.63) is 53.8 Å². The zero-order chi connectivity index (χ0) is 16.5. The number of benzene rings is 1. The Morgan fingerprint density at radius 3 is 2.46 bits per heavy atom. The maximum Gasteiger partial charge on any atom is 0.172 e. The first-order valence-electron chi connectivity index (χ1n) is 7.72. The summed E-state index contributed by atoms with van der Waals surface area (Å²) in [5.41, 5.74) is 0.882. The molecule has 3 aromatic rings. The molecular formula is C17H15ClFN5. The van der Waals surface area contributed by atoms with Crippen LogP contribution in [0.1, 0.15) is 0 Å². The van der Waals surface area contributed by atoms with E-state index in [9.17, 15) is 4.39 Å². The van der Waals surface area contributed by atoms with Crippen molar-refractivity contribution in [3.63, 3.8) is 0 Å². The van der Waals surface area contributed by atoms with Gasteiger partial charge in [0.15, 0.2) is 5.82 Å². The Balaban J connectivity index is 1.58. The van der Waals surface area contributed by atoms with Crippen LogP contribution in [0.15, 0.2) is 43.0 Å². The quantitative estimate of drug-likeness (QED) is 0.715. The molecule has 2 aromatic heterocycles. The first kappa shape index (κ1) is 15.1. The molecule has 4 rings (SSSR count). The standard InChI is InChI=1S/C17H15ClFN5/c18-13-3-4-22-17-12(13)1-2-14(16(17)19)23-7-9-24(10-8-23)15-11-20-5-6-21-15/h1-6,11H,7-10H2. The van der Waals surface area contributed by atoms with Crippen LogP contribution >= 0.6 is 11.6 Å². The first-order chi connectivity index (χ1) is 11.7. The number of anilines is 2. The highest BCUT2D eigenvalue weighted by Crippen LogP contribution is 2.30. The maximum absolute atomic E-state index is 14.9. The van der Waals surface area contributed by atoms with Crippen LogP contribution in [0.5, 0.6) is 0 Å². The van der Waals surface area contributed by atoms with E-state index in [0.29, 0.717) is 34.7 Å². The molecule has 1 saturated heterocycles. The van der Waals surface area contributed by atoms with E-state index in [4.69, 9.17) is 11.6 Å². The van der Waals surface area contributed by atoms with E-state index in [1.807, 2.05) is 11.0 Å². The zero-order valence-corrected chi connectivity index (χ0v) is 13.6. The third-order valence-corrected chi connectivity index (χ3v) is 4.60. The number of pyridine rings is 1. The lowest BCUT2D eigenvalue weighted by molar-refractivity contribution is 0.601. The second-order valence-corrected chi connectivity index (χ2v) is 6.03. The minimum absolute atomic E-state index is 0.316. The van der Waals surface area contributed by atoms with Gasteiger partial charge in [0.2, 0.25) is 0 Å². The average Bonchev–Trinajstić information content (AvgIpc) is 2.64. The lowest BCUT2D eigenvalue weighted by Crippen LogP contribution is -2.47. The van der Waals surface area contributed by atoms with Crippen molar-refractivity contribution in [1.82, 2.24) is 15.0 Å². The molecule has 1 aliphatic heterocycles. The summed E-state index contributed by atoms with van der Waals surface area (Å²) in [4.78, 5) is 16.7. The van der Waals surface area contributed by atoms with Crippen LogP contribution in [-0.4, -0.2) is 41.1 Å². The number of fused-ring (bicyclic) bond motifs is 1. The Bertz CT molecular complexity index is 865. The smallest absolute Gasteiger partial charge is 0.172 e. The summed E-state index contributed by atoms with van der Waals surface area (Å²) in [5, 5.41) is 1.15. The molecule has 0 unspecified atom stereocenters. The molecule has 24 heavy (non-hydrogen) atoms. The summed E-state index contributed by atoms with van der Waals surface area (Å²) in [6.45, 7) is 2.94. The van der Waals surface area contributed by atoms with Gasteiger partial charge in [0.05, 0.1) is 16.9 Å². The van der Waals surface area contributed by atoms with Gasteiger partial charge < -0.3 is 9.80 Å². The molecular weight excluding hydrogens is 329 g/mol. The summed E-state index contributed by atoms with van der Waals surface area (Å²) in [5.74, 6) is 0.535. The first-order valence-corrected chi connectivity index (χ1v) is 8.10. The number of aromatic nitrogens is 3. The lowest BCUT2D eigenvalue weighted by atomic mass is 10.1. The van der Waals surface area contributed by atoms with Crippen molar-refractivity contribution in [2.75, 3.05) is 36.0 Å². The number of halogens is 2. The Morgan fingerprint density at radius 2 is 1.71 bits per heavy atom. The maximum atomic E-state index is 14.9. The predicted molar refractivity (Wildman–Crippen MR) is 93.2 cm³/mol. The van der Waals surface area contributed by atoms with Gasteiger partial charge in [-0.05, 0) is 18.2 Å². The highest BCUT2D eigenvalue weighted by molar-refractivity contribution is 6.35. The molecule has 1 aromatic carbocycles. The van der Waals surface area contributed by atoms with E-state index >= 15 is 0 Å². The van der Waals surface area contributed by atoms with Gasteiger partial charge in [0, 0.05) is 50.2 Å². The Morgan fingerprint density at radius 1 is 0.917 bits per heavy atom. The summed E-state index contributed by atoms with van der Waals surface area (Å²) in [6, 6.07) is 5.28. The molecule has 0 N–H and O–H groups in total. The average molecular weight is 344 g/mol. The van der Waals surface area contributed by atoms with Crippen molar-refractivity contribution in [1.29, 1.82) is 0 Å². The highest BCUT2D eigenvalue weighted by atomic mass is 35.5. The summed E-state index contributed by atoms with van der Waals surface area (Å²) < 4.78 is 14.9. The topological polar surface area (TPSA) is 45.2 Å². The number of hydrogen-bond donors (Lipinski definition) is 0. The van der Waals surface area contributed by atoms with Crippen LogP contribution in [0.25, 0.3) is 10.9 Å². The second kappa shape index (κ2) is 6.20. The van der Waals surface area contributed by atoms with Crippen LogP contribution in [0, 0.1) is 5.82 Å². The molecule has 3 heterocycles. The number of rotatable bonds is 2. The van der Waals surface area contributed by atoms with Crippen LogP contribution in [0.4, 0.5) is 15.9 Å². The summed E-state index contributed by atoms with van der Waals surface area (Å²) in [7, 11) is 0. The number of nitrogens with zero attached hydrogens (tertiary/aromatic N) is 5. The Labute approximate surface area is 143 Å². The highest BCUT2D eigenvalue weighted by Gasteiger charge is 2.22. The molecule has 7 heteroatoms. The van der Waals surface area contributed by atoms with Gasteiger partial charge in [-0.1, -0.05) is 11.6 Å². The molecule has 0 radical (unpaired) electrons. The van der Waals surface area contributed by atoms with E-state index in [-0.39, 0.29) is 5.82 Å². The van der Waals surface area contributed by atoms with Gasteiger partial charge >= 0.3 is 0 Å². The molecule has 5 nitrogen and oxygen atoms in total. The van der Waals surface area contributed by atoms with Gasteiger partial charge in [-0.15, -0.1) is 0 Å². The Kier molecular flexibility index (Phi) is 3.90. The van der Waals surface area contributed by atoms with Gasteiger partial charge in [0.1, 0.15) is 11.3 Å². The molecule has 0 spiro atoms. The summed E-state index contributed by atoms with van der Waals surface area (Å²) >= 11 is 6.11. The van der Waals surface area contributed by atoms with Gasteiger partial charge in [-0.3, -0.25) is 9.97 Å². The fourth-order valence-electron chi connectivity index (χ4n) is 3.02. The Hall–Kier alpha value is -2.47. The van der Waals surface area contributed by atoms with Crippen LogP contribution in [0.2, 0.25) is 5.02 Å². The van der Waals surface area contributed by atoms with Gasteiger partial charge in [-0.25, -0.2) is 9.37 Å². The third-order valence-electron chi connectivity index (χ3n) is 4.27. The van der Waals surface area contributed by atoms with Crippen molar-refractivity contribution in [2.45, 2.75) is 0 Å². The fraction of sp³-hybridized carbons (Fsp3) is 0.235. The molecule has 0 atom stereocenters. The SMILES string of the molecule is Fc1c(N2CCN(c3cnccn3)CC2)ccc2c(Cl)ccnc12. The van der Waals surface area contributed by atoms with E-state index in [1.54, 1.807) is 30.7 Å². The van der Waals surface area contributed by atoms with Crippen LogP contribution < -0.4 is 9.80 Å². The lowest BCUT2D eigenvalue weighted by Gasteiger charge is -2.36. The van der Waals surface area contributed by atoms with E-state index < -0.39 is 0 Å². The molecule has 1 aliphatic rings. The monoisotopic (exact) mass is 343 g/mol. The molecule has 0 saturated carbocycles. The molecule has 0 bridgehead atoms. The predicted octanol–water partition coefficient (Wildman–Crippen LogP) is 3.14. The van der Waals surface area contributed by atoms with Crippen molar-refractivity contribution in [2.24, 2.45) is 0 Å². The minimum Gasteiger partial charge on any atom is -0.366 e. The molecule has 122 valence electrons. The van der Waals surface area contributed by atoms with Crippen LogP contribution in [-0.2, 0) is 0 Å². The third kappa shape index (κ3) is 2.63. The number of hydrogen-bond acceptors (Lipinski definition) is 5. The van der Waals surface area contributed by atoms with Crippen LogP contribution in [0.3, 0.4) is 0 Å². The fourth-order valence-corrected chi connectivity index (χ4v) is 3.22. The van der Waals surface area contributed by atoms with Crippen molar-refractivity contribution >= 4 is 34.0 Å². The molecule has 1 fully saturated rings. The van der Waals surface area contributed by atoms with E-state index in [2.05, 4.69) is 19.9 Å². The minimum atomic E-state index is -0.317. The van der Waals surface area contributed by atoms with Crippen molar-refractivity contribution < 1.29 is 4.39 Å². The molecule has 0 amide bonds. The van der Waals surface area contributed by atoms with Gasteiger partial charge in [-0.2, -0.15) is 0 Å². The molecule has 0 aliphatic carbocycles. The van der Waals surface area contributed by atoms with Gasteiger partial charge in [0.25, 0.3) is 0 Å². The summed E-state index contributed by atoms with van der Waals surface area (Å²) in [6.07, 6.45) is 6.62. The van der Waals surface area contributed by atoms with E-state index in [0.717, 1.165) is 18.9 Å². The largest absolute Gasteiger partial charge is 0.366 e. The normalized spacial score (nSPS) is 15.1. The zero-order valence-electron chi connectivity index (χ0n) is 12.9. The van der Waals surface area contributed by atoms with E-state index in [1.165, 1.54) is 6.20 Å². The number of piperazine rings is 1.